The smallest absolute Gasteiger partial charge is 0.221 e. The number of ether oxygens (including phenoxy) is 2. The van der Waals surface area contributed by atoms with E-state index in [2.05, 4.69) is 9.97 Å². The second kappa shape index (κ2) is 6.80. The van der Waals surface area contributed by atoms with Crippen LogP contribution >= 0.6 is 0 Å². The fourth-order valence-corrected chi connectivity index (χ4v) is 2.22. The SMILES string of the molecule is C/C=C/c1c(OC)cc(Cc2cnc(N)nc2N)cc1OC. The maximum atomic E-state index is 5.88. The highest BCUT2D eigenvalue weighted by atomic mass is 16.5. The number of aromatic nitrogens is 2. The number of rotatable bonds is 5. The van der Waals surface area contributed by atoms with Gasteiger partial charge in [0.1, 0.15) is 17.3 Å². The second-order valence-electron chi connectivity index (χ2n) is 4.73. The Bertz CT molecular complexity index is 674. The molecule has 6 heteroatoms. The van der Waals surface area contributed by atoms with Gasteiger partial charge in [0.15, 0.2) is 0 Å². The summed E-state index contributed by atoms with van der Waals surface area (Å²) in [5.74, 6) is 2.02. The Kier molecular flexibility index (Phi) is 4.83. The van der Waals surface area contributed by atoms with Crippen molar-refractivity contribution in [3.8, 4) is 11.5 Å². The van der Waals surface area contributed by atoms with E-state index in [1.165, 1.54) is 0 Å². The zero-order valence-electron chi connectivity index (χ0n) is 13.0. The molecule has 0 unspecified atom stereocenters. The topological polar surface area (TPSA) is 96.3 Å². The van der Waals surface area contributed by atoms with E-state index in [0.29, 0.717) is 12.2 Å². The summed E-state index contributed by atoms with van der Waals surface area (Å²) in [6, 6.07) is 3.90. The lowest BCUT2D eigenvalue weighted by molar-refractivity contribution is 0.392. The van der Waals surface area contributed by atoms with Crippen LogP contribution in [-0.2, 0) is 6.42 Å². The third-order valence-electron chi connectivity index (χ3n) is 3.25. The van der Waals surface area contributed by atoms with Crippen molar-refractivity contribution >= 4 is 17.8 Å². The number of hydrogen-bond acceptors (Lipinski definition) is 6. The van der Waals surface area contributed by atoms with Crippen LogP contribution in [0, 0.1) is 0 Å². The molecule has 2 aromatic rings. The first-order chi connectivity index (χ1) is 10.6. The molecule has 4 N–H and O–H groups in total. The molecule has 0 aliphatic rings. The lowest BCUT2D eigenvalue weighted by Crippen LogP contribution is -2.04. The minimum atomic E-state index is 0.167. The van der Waals surface area contributed by atoms with Gasteiger partial charge in [0.25, 0.3) is 0 Å². The molecule has 0 fully saturated rings. The van der Waals surface area contributed by atoms with Gasteiger partial charge in [0.2, 0.25) is 5.95 Å². The molecule has 0 atom stereocenters. The van der Waals surface area contributed by atoms with Crippen molar-refractivity contribution in [1.29, 1.82) is 0 Å². The number of nitrogens with zero attached hydrogens (tertiary/aromatic N) is 2. The minimum Gasteiger partial charge on any atom is -0.496 e. The third-order valence-corrected chi connectivity index (χ3v) is 3.25. The highest BCUT2D eigenvalue weighted by molar-refractivity contribution is 5.65. The minimum absolute atomic E-state index is 0.167. The first-order valence-electron chi connectivity index (χ1n) is 6.83. The summed E-state index contributed by atoms with van der Waals surface area (Å²) < 4.78 is 10.9. The zero-order valence-corrected chi connectivity index (χ0v) is 13.0. The van der Waals surface area contributed by atoms with Gasteiger partial charge in [-0.15, -0.1) is 0 Å². The van der Waals surface area contributed by atoms with Crippen molar-refractivity contribution in [1.82, 2.24) is 9.97 Å². The first-order valence-corrected chi connectivity index (χ1v) is 6.83. The Morgan fingerprint density at radius 2 is 1.77 bits per heavy atom. The van der Waals surface area contributed by atoms with Gasteiger partial charge in [-0.05, 0) is 24.6 Å². The average Bonchev–Trinajstić information content (AvgIpc) is 2.51. The van der Waals surface area contributed by atoms with Crippen molar-refractivity contribution in [2.24, 2.45) is 0 Å². The van der Waals surface area contributed by atoms with Crippen LogP contribution in [0.1, 0.15) is 23.6 Å². The lowest BCUT2D eigenvalue weighted by Gasteiger charge is -2.13. The fraction of sp³-hybridized carbons (Fsp3) is 0.250. The van der Waals surface area contributed by atoms with E-state index in [9.17, 15) is 0 Å². The second-order valence-corrected chi connectivity index (χ2v) is 4.73. The van der Waals surface area contributed by atoms with Crippen LogP contribution in [0.25, 0.3) is 6.08 Å². The monoisotopic (exact) mass is 300 g/mol. The van der Waals surface area contributed by atoms with E-state index < -0.39 is 0 Å². The van der Waals surface area contributed by atoms with Crippen molar-refractivity contribution < 1.29 is 9.47 Å². The maximum Gasteiger partial charge on any atom is 0.221 e. The van der Waals surface area contributed by atoms with Crippen LogP contribution in [-0.4, -0.2) is 24.2 Å². The van der Waals surface area contributed by atoms with E-state index in [1.807, 2.05) is 31.2 Å². The predicted octanol–water partition coefficient (Wildman–Crippen LogP) is 2.28. The van der Waals surface area contributed by atoms with Crippen molar-refractivity contribution in [2.45, 2.75) is 13.3 Å². The van der Waals surface area contributed by atoms with E-state index in [4.69, 9.17) is 20.9 Å². The van der Waals surface area contributed by atoms with Crippen molar-refractivity contribution in [2.75, 3.05) is 25.7 Å². The number of benzene rings is 1. The lowest BCUT2D eigenvalue weighted by atomic mass is 10.0. The summed E-state index contributed by atoms with van der Waals surface area (Å²) in [5, 5.41) is 0. The molecule has 1 heterocycles. The van der Waals surface area contributed by atoms with Crippen LogP contribution in [0.4, 0.5) is 11.8 Å². The number of hydrogen-bond donors (Lipinski definition) is 2. The van der Waals surface area contributed by atoms with Crippen LogP contribution in [0.5, 0.6) is 11.5 Å². The van der Waals surface area contributed by atoms with E-state index in [0.717, 1.165) is 28.2 Å². The molecule has 6 nitrogen and oxygen atoms in total. The molecule has 0 aliphatic carbocycles. The van der Waals surface area contributed by atoms with Crippen molar-refractivity contribution in [3.63, 3.8) is 0 Å². The molecule has 0 saturated carbocycles. The van der Waals surface area contributed by atoms with Gasteiger partial charge in [0, 0.05) is 18.2 Å². The summed E-state index contributed by atoms with van der Waals surface area (Å²) in [7, 11) is 3.26. The largest absolute Gasteiger partial charge is 0.496 e. The van der Waals surface area contributed by atoms with E-state index in [-0.39, 0.29) is 5.95 Å². The molecule has 2 rings (SSSR count). The Labute approximate surface area is 129 Å². The summed E-state index contributed by atoms with van der Waals surface area (Å²) in [6.07, 6.45) is 6.08. The summed E-state index contributed by atoms with van der Waals surface area (Å²) in [6.45, 7) is 1.94. The quantitative estimate of drug-likeness (QED) is 0.879. The molecule has 0 spiro atoms. The normalized spacial score (nSPS) is 10.9. The molecule has 0 radical (unpaired) electrons. The number of nitrogens with two attached hydrogens (primary N) is 2. The number of methoxy groups -OCH3 is 2. The van der Waals surface area contributed by atoms with Gasteiger partial charge in [-0.2, -0.15) is 4.98 Å². The van der Waals surface area contributed by atoms with Crippen LogP contribution in [0.2, 0.25) is 0 Å². The average molecular weight is 300 g/mol. The molecular formula is C16H20N4O2. The van der Waals surface area contributed by atoms with Gasteiger partial charge in [0.05, 0.1) is 19.8 Å². The number of nitrogen functional groups attached to an aromatic ring is 2. The van der Waals surface area contributed by atoms with Gasteiger partial charge in [-0.1, -0.05) is 12.2 Å². The highest BCUT2D eigenvalue weighted by Gasteiger charge is 2.12. The Morgan fingerprint density at radius 3 is 2.27 bits per heavy atom. The summed E-state index contributed by atoms with van der Waals surface area (Å²) in [4.78, 5) is 7.95. The molecule has 0 amide bonds. The van der Waals surface area contributed by atoms with Gasteiger partial charge < -0.3 is 20.9 Å². The summed E-state index contributed by atoms with van der Waals surface area (Å²) in [5.41, 5.74) is 14.1. The van der Waals surface area contributed by atoms with Crippen LogP contribution < -0.4 is 20.9 Å². The Hall–Kier alpha value is -2.76. The van der Waals surface area contributed by atoms with Gasteiger partial charge in [-0.25, -0.2) is 4.98 Å². The van der Waals surface area contributed by atoms with Gasteiger partial charge in [-0.3, -0.25) is 0 Å². The maximum absolute atomic E-state index is 5.88. The molecule has 116 valence electrons. The molecule has 0 bridgehead atoms. The van der Waals surface area contributed by atoms with Crippen LogP contribution in [0.15, 0.2) is 24.4 Å². The molecule has 1 aromatic carbocycles. The molecule has 1 aromatic heterocycles. The standard InChI is InChI=1S/C16H20N4O2/c1-4-5-12-13(21-2)7-10(8-14(12)22-3)6-11-9-19-16(18)20-15(11)17/h4-5,7-9H,6H2,1-3H3,(H4,17,18,19,20)/b5-4+. The summed E-state index contributed by atoms with van der Waals surface area (Å²) >= 11 is 0. The van der Waals surface area contributed by atoms with E-state index in [1.54, 1.807) is 20.4 Å². The zero-order chi connectivity index (χ0) is 16.1. The highest BCUT2D eigenvalue weighted by Crippen LogP contribution is 2.33. The molecule has 22 heavy (non-hydrogen) atoms. The Balaban J connectivity index is 2.43. The van der Waals surface area contributed by atoms with Gasteiger partial charge >= 0.3 is 0 Å². The van der Waals surface area contributed by atoms with E-state index >= 15 is 0 Å². The molecular weight excluding hydrogens is 280 g/mol. The molecule has 0 aliphatic heterocycles. The number of anilines is 2. The predicted molar refractivity (Wildman–Crippen MR) is 87.9 cm³/mol. The fourth-order valence-electron chi connectivity index (χ4n) is 2.22. The molecule has 0 saturated heterocycles. The Morgan fingerprint density at radius 1 is 1.14 bits per heavy atom. The van der Waals surface area contributed by atoms with Crippen molar-refractivity contribution in [3.05, 3.63) is 41.1 Å². The third kappa shape index (κ3) is 3.28. The first kappa shape index (κ1) is 15.6. The number of allylic oxidation sites excluding steroid dienone is 1. The van der Waals surface area contributed by atoms with Crippen LogP contribution in [0.3, 0.4) is 0 Å².